The Hall–Kier alpha value is -1.86. The molecule has 0 aliphatic heterocycles. The number of hydrogen-bond donors (Lipinski definition) is 2. The van der Waals surface area contributed by atoms with Crippen LogP contribution in [0.15, 0.2) is 30.5 Å². The Bertz CT molecular complexity index is 607. The Balaban J connectivity index is 2.30. The van der Waals surface area contributed by atoms with Gasteiger partial charge in [-0.05, 0) is 20.2 Å². The van der Waals surface area contributed by atoms with Gasteiger partial charge in [0.05, 0.1) is 17.5 Å². The summed E-state index contributed by atoms with van der Waals surface area (Å²) in [6, 6.07) is 5.54. The number of rotatable bonds is 6. The quantitative estimate of drug-likeness (QED) is 0.862. The lowest BCUT2D eigenvalue weighted by Gasteiger charge is -2.17. The highest BCUT2D eigenvalue weighted by Crippen LogP contribution is 2.37. The third-order valence-electron chi connectivity index (χ3n) is 3.40. The fourth-order valence-corrected chi connectivity index (χ4v) is 2.29. The molecule has 1 heterocycles. The van der Waals surface area contributed by atoms with Crippen LogP contribution in [-0.2, 0) is 12.7 Å². The van der Waals surface area contributed by atoms with Crippen molar-refractivity contribution in [2.24, 2.45) is 0 Å². The van der Waals surface area contributed by atoms with Gasteiger partial charge in [-0.3, -0.25) is 5.10 Å². The summed E-state index contributed by atoms with van der Waals surface area (Å²) in [7, 11) is 3.78. The molecule has 22 heavy (non-hydrogen) atoms. The minimum Gasteiger partial charge on any atom is -0.318 e. The van der Waals surface area contributed by atoms with Crippen molar-refractivity contribution >= 4 is 0 Å². The van der Waals surface area contributed by atoms with Gasteiger partial charge < -0.3 is 10.2 Å². The van der Waals surface area contributed by atoms with Crippen LogP contribution >= 0.6 is 0 Å². The van der Waals surface area contributed by atoms with Gasteiger partial charge >= 0.3 is 6.18 Å². The summed E-state index contributed by atoms with van der Waals surface area (Å²) in [5.41, 5.74) is 0.641. The number of nitrogens with zero attached hydrogens (tertiary/aromatic N) is 2. The maximum atomic E-state index is 13.1. The van der Waals surface area contributed by atoms with Crippen molar-refractivity contribution in [3.8, 4) is 11.3 Å². The fraction of sp³-hybridized carbons (Fsp3) is 0.400. The number of nitrogens with one attached hydrogen (secondary N) is 2. The molecule has 0 spiro atoms. The number of aromatic nitrogens is 2. The van der Waals surface area contributed by atoms with Crippen molar-refractivity contribution in [3.05, 3.63) is 41.6 Å². The zero-order valence-corrected chi connectivity index (χ0v) is 12.5. The first-order chi connectivity index (χ1) is 10.4. The highest BCUT2D eigenvalue weighted by Gasteiger charge is 2.34. The van der Waals surface area contributed by atoms with Crippen molar-refractivity contribution in [1.82, 2.24) is 20.4 Å². The van der Waals surface area contributed by atoms with E-state index in [1.165, 1.54) is 12.1 Å². The van der Waals surface area contributed by atoms with E-state index in [2.05, 4.69) is 15.5 Å². The fourth-order valence-electron chi connectivity index (χ4n) is 2.29. The highest BCUT2D eigenvalue weighted by atomic mass is 19.4. The van der Waals surface area contributed by atoms with E-state index in [-0.39, 0.29) is 5.56 Å². The van der Waals surface area contributed by atoms with Crippen LogP contribution in [0, 0.1) is 0 Å². The molecule has 4 nitrogen and oxygen atoms in total. The summed E-state index contributed by atoms with van der Waals surface area (Å²) in [4.78, 5) is 2.03. The number of likely N-dealkylation sites (N-methyl/N-ethyl adjacent to an activating group) is 2. The number of H-pyrrole nitrogens is 1. The maximum absolute atomic E-state index is 13.1. The second kappa shape index (κ2) is 6.93. The van der Waals surface area contributed by atoms with E-state index >= 15 is 0 Å². The van der Waals surface area contributed by atoms with Crippen LogP contribution < -0.4 is 5.32 Å². The zero-order chi connectivity index (χ0) is 16.2. The number of alkyl halides is 3. The molecule has 0 saturated heterocycles. The van der Waals surface area contributed by atoms with E-state index in [4.69, 9.17) is 0 Å². The van der Waals surface area contributed by atoms with Crippen molar-refractivity contribution in [2.45, 2.75) is 12.7 Å². The van der Waals surface area contributed by atoms with E-state index < -0.39 is 11.7 Å². The Kier molecular flexibility index (Phi) is 5.20. The average Bonchev–Trinajstić information content (AvgIpc) is 2.92. The van der Waals surface area contributed by atoms with Gasteiger partial charge in [-0.25, -0.2) is 0 Å². The summed E-state index contributed by atoms with van der Waals surface area (Å²) in [6.07, 6.45) is -2.81. The van der Waals surface area contributed by atoms with Gasteiger partial charge in [0.1, 0.15) is 0 Å². The molecule has 2 rings (SSSR count). The molecule has 1 aromatic heterocycles. The Morgan fingerprint density at radius 3 is 2.68 bits per heavy atom. The molecule has 2 N–H and O–H groups in total. The molecular formula is C15H19F3N4. The molecule has 0 radical (unpaired) electrons. The van der Waals surface area contributed by atoms with E-state index in [9.17, 15) is 13.2 Å². The largest absolute Gasteiger partial charge is 0.417 e. The molecule has 0 aliphatic rings. The third-order valence-corrected chi connectivity index (χ3v) is 3.40. The van der Waals surface area contributed by atoms with Gasteiger partial charge in [0.25, 0.3) is 0 Å². The second-order valence-corrected chi connectivity index (χ2v) is 5.15. The molecule has 1 aromatic carbocycles. The van der Waals surface area contributed by atoms with Crippen LogP contribution in [0.5, 0.6) is 0 Å². The van der Waals surface area contributed by atoms with Crippen LogP contribution in [0.2, 0.25) is 0 Å². The molecule has 0 aliphatic carbocycles. The minimum atomic E-state index is -4.39. The normalized spacial score (nSPS) is 12.1. The molecule has 0 unspecified atom stereocenters. The van der Waals surface area contributed by atoms with E-state index in [1.807, 2.05) is 19.0 Å². The van der Waals surface area contributed by atoms with Crippen LogP contribution in [0.25, 0.3) is 11.3 Å². The Morgan fingerprint density at radius 2 is 2.00 bits per heavy atom. The average molecular weight is 312 g/mol. The Labute approximate surface area is 127 Å². The van der Waals surface area contributed by atoms with Gasteiger partial charge in [-0.2, -0.15) is 18.3 Å². The van der Waals surface area contributed by atoms with Gasteiger partial charge in [0.2, 0.25) is 0 Å². The lowest BCUT2D eigenvalue weighted by atomic mass is 10.0. The van der Waals surface area contributed by atoms with Crippen molar-refractivity contribution in [1.29, 1.82) is 0 Å². The first-order valence-corrected chi connectivity index (χ1v) is 6.95. The van der Waals surface area contributed by atoms with Gasteiger partial charge in [-0.15, -0.1) is 0 Å². The SMILES string of the molecule is CNCCN(C)Cc1cn[nH]c1-c1ccccc1C(F)(F)F. The molecule has 0 atom stereocenters. The minimum absolute atomic E-state index is 0.129. The van der Waals surface area contributed by atoms with Crippen molar-refractivity contribution in [3.63, 3.8) is 0 Å². The number of aromatic amines is 1. The summed E-state index contributed by atoms with van der Waals surface area (Å²) in [5.74, 6) is 0. The second-order valence-electron chi connectivity index (χ2n) is 5.15. The predicted molar refractivity (Wildman–Crippen MR) is 79.3 cm³/mol. The first kappa shape index (κ1) is 16.5. The van der Waals surface area contributed by atoms with E-state index in [1.54, 1.807) is 12.3 Å². The number of hydrogen-bond acceptors (Lipinski definition) is 3. The molecular weight excluding hydrogens is 293 g/mol. The molecule has 0 saturated carbocycles. The molecule has 7 heteroatoms. The highest BCUT2D eigenvalue weighted by molar-refractivity contribution is 5.67. The van der Waals surface area contributed by atoms with Gasteiger partial charge in [0.15, 0.2) is 0 Å². The van der Waals surface area contributed by atoms with Crippen LogP contribution in [0.4, 0.5) is 13.2 Å². The molecule has 0 bridgehead atoms. The lowest BCUT2D eigenvalue weighted by Crippen LogP contribution is -2.27. The zero-order valence-electron chi connectivity index (χ0n) is 12.5. The van der Waals surface area contributed by atoms with Gasteiger partial charge in [0, 0.05) is 30.8 Å². The summed E-state index contributed by atoms with van der Waals surface area (Å²) in [6.45, 7) is 2.13. The maximum Gasteiger partial charge on any atom is 0.417 e. The first-order valence-electron chi connectivity index (χ1n) is 6.95. The molecule has 0 fully saturated rings. The smallest absolute Gasteiger partial charge is 0.318 e. The van der Waals surface area contributed by atoms with E-state index in [0.717, 1.165) is 24.7 Å². The summed E-state index contributed by atoms with van der Waals surface area (Å²) < 4.78 is 39.4. The third kappa shape index (κ3) is 3.86. The van der Waals surface area contributed by atoms with Crippen molar-refractivity contribution < 1.29 is 13.2 Å². The number of halogens is 3. The molecule has 2 aromatic rings. The Morgan fingerprint density at radius 1 is 1.27 bits per heavy atom. The van der Waals surface area contributed by atoms with Crippen LogP contribution in [0.3, 0.4) is 0 Å². The topological polar surface area (TPSA) is 44.0 Å². The molecule has 120 valence electrons. The monoisotopic (exact) mass is 312 g/mol. The van der Waals surface area contributed by atoms with Crippen LogP contribution in [0.1, 0.15) is 11.1 Å². The lowest BCUT2D eigenvalue weighted by molar-refractivity contribution is -0.137. The van der Waals surface area contributed by atoms with E-state index in [0.29, 0.717) is 12.2 Å². The predicted octanol–water partition coefficient (Wildman–Crippen LogP) is 2.75. The van der Waals surface area contributed by atoms with Crippen LogP contribution in [-0.4, -0.2) is 42.3 Å². The van der Waals surface area contributed by atoms with Gasteiger partial charge in [-0.1, -0.05) is 18.2 Å². The standard InChI is InChI=1S/C15H19F3N4/c1-19-7-8-22(2)10-11-9-20-21-14(11)12-5-3-4-6-13(12)15(16,17)18/h3-6,9,19H,7-8,10H2,1-2H3,(H,20,21). The number of benzene rings is 1. The summed E-state index contributed by atoms with van der Waals surface area (Å²) >= 11 is 0. The molecule has 0 amide bonds. The van der Waals surface area contributed by atoms with Crippen molar-refractivity contribution in [2.75, 3.05) is 27.2 Å². The summed E-state index contributed by atoms with van der Waals surface area (Å²) in [5, 5.41) is 9.66.